The minimum Gasteiger partial charge on any atom is -0.497 e. The Labute approximate surface area is 119 Å². The van der Waals surface area contributed by atoms with Crippen LogP contribution < -0.4 is 10.4 Å². The van der Waals surface area contributed by atoms with Gasteiger partial charge in [0.1, 0.15) is 5.75 Å². The monoisotopic (exact) mass is 284 g/mol. The first-order valence-electron chi connectivity index (χ1n) is 6.23. The van der Waals surface area contributed by atoms with E-state index < -0.39 is 11.7 Å². The number of hydrogen-bond acceptors (Lipinski definition) is 3. The first-order valence-corrected chi connectivity index (χ1v) is 6.23. The molecule has 2 N–H and O–H groups in total. The smallest absolute Gasteiger partial charge is 0.337 e. The van der Waals surface area contributed by atoms with Crippen molar-refractivity contribution in [1.29, 1.82) is 0 Å². The number of methoxy groups -OCH3 is 1. The van der Waals surface area contributed by atoms with Gasteiger partial charge in [0.15, 0.2) is 0 Å². The van der Waals surface area contributed by atoms with Crippen LogP contribution in [0.3, 0.4) is 0 Å². The number of hydrogen-bond donors (Lipinski definition) is 2. The van der Waals surface area contributed by atoms with Gasteiger partial charge in [-0.1, -0.05) is 12.1 Å². The number of nitrogens with one attached hydrogen (secondary N) is 1. The molecule has 6 nitrogen and oxygen atoms in total. The molecule has 0 atom stereocenters. The maximum absolute atomic E-state index is 12.2. The van der Waals surface area contributed by atoms with Crippen molar-refractivity contribution in [3.05, 3.63) is 58.5 Å². The van der Waals surface area contributed by atoms with E-state index in [-0.39, 0.29) is 5.56 Å². The first-order chi connectivity index (χ1) is 10.1. The zero-order valence-corrected chi connectivity index (χ0v) is 11.2. The summed E-state index contributed by atoms with van der Waals surface area (Å²) in [6, 6.07) is 11.8. The fourth-order valence-corrected chi connectivity index (χ4v) is 2.31. The lowest BCUT2D eigenvalue weighted by molar-refractivity contribution is 0.0699. The summed E-state index contributed by atoms with van der Waals surface area (Å²) in [5, 5.41) is 9.18. The van der Waals surface area contributed by atoms with Crippen molar-refractivity contribution >= 4 is 17.0 Å². The molecule has 0 aliphatic carbocycles. The molecule has 0 saturated carbocycles. The van der Waals surface area contributed by atoms with Crippen molar-refractivity contribution in [3.63, 3.8) is 0 Å². The molecule has 6 heteroatoms. The normalized spacial score (nSPS) is 10.7. The van der Waals surface area contributed by atoms with Gasteiger partial charge in [-0.05, 0) is 24.3 Å². The van der Waals surface area contributed by atoms with E-state index in [1.54, 1.807) is 43.5 Å². The van der Waals surface area contributed by atoms with Crippen LogP contribution in [-0.4, -0.2) is 27.7 Å². The highest BCUT2D eigenvalue weighted by molar-refractivity contribution is 6.01. The van der Waals surface area contributed by atoms with Crippen LogP contribution in [0.15, 0.2) is 47.3 Å². The number of rotatable bonds is 3. The molecule has 0 spiro atoms. The topological polar surface area (TPSA) is 84.3 Å². The molecule has 0 fully saturated rings. The van der Waals surface area contributed by atoms with Gasteiger partial charge in [-0.3, -0.25) is 4.57 Å². The molecule has 3 rings (SSSR count). The molecule has 0 aliphatic heterocycles. The Morgan fingerprint density at radius 1 is 1.24 bits per heavy atom. The summed E-state index contributed by atoms with van der Waals surface area (Å²) >= 11 is 0. The average molecular weight is 284 g/mol. The van der Waals surface area contributed by atoms with E-state index in [0.29, 0.717) is 22.5 Å². The third-order valence-corrected chi connectivity index (χ3v) is 3.26. The highest BCUT2D eigenvalue weighted by atomic mass is 16.5. The Kier molecular flexibility index (Phi) is 2.98. The summed E-state index contributed by atoms with van der Waals surface area (Å²) in [6.45, 7) is 0. The highest BCUT2D eigenvalue weighted by Gasteiger charge is 2.15. The van der Waals surface area contributed by atoms with Gasteiger partial charge >= 0.3 is 11.7 Å². The molecule has 1 aromatic heterocycles. The van der Waals surface area contributed by atoms with Crippen molar-refractivity contribution in [2.75, 3.05) is 7.11 Å². The maximum atomic E-state index is 12.2. The van der Waals surface area contributed by atoms with Gasteiger partial charge in [0.25, 0.3) is 0 Å². The maximum Gasteiger partial charge on any atom is 0.337 e. The number of aromatic amines is 1. The van der Waals surface area contributed by atoms with E-state index in [1.165, 1.54) is 10.6 Å². The van der Waals surface area contributed by atoms with E-state index in [2.05, 4.69) is 4.98 Å². The van der Waals surface area contributed by atoms with Gasteiger partial charge in [0.2, 0.25) is 0 Å². The molecule has 0 bridgehead atoms. The molecule has 0 unspecified atom stereocenters. The predicted molar refractivity (Wildman–Crippen MR) is 77.4 cm³/mol. The van der Waals surface area contributed by atoms with Crippen LogP contribution in [-0.2, 0) is 0 Å². The van der Waals surface area contributed by atoms with E-state index in [9.17, 15) is 14.7 Å². The lowest BCUT2D eigenvalue weighted by Gasteiger charge is -2.06. The number of benzene rings is 2. The SMILES string of the molecule is COc1cccc(-n2c(=O)[nH]c3c(C(=O)O)cccc32)c1. The number of ether oxygens (including phenoxy) is 1. The second-order valence-electron chi connectivity index (χ2n) is 4.47. The van der Waals surface area contributed by atoms with Crippen LogP contribution in [0.5, 0.6) is 5.75 Å². The standard InChI is InChI=1S/C15H12N2O4/c1-21-10-5-2-4-9(8-10)17-12-7-3-6-11(14(18)19)13(12)16-15(17)20/h2-8H,1H3,(H,16,20)(H,18,19). The Hall–Kier alpha value is -3.02. The number of H-pyrrole nitrogens is 1. The molecule has 3 aromatic rings. The zero-order valence-electron chi connectivity index (χ0n) is 11.2. The molecule has 0 saturated heterocycles. The van der Waals surface area contributed by atoms with Crippen LogP contribution in [0.2, 0.25) is 0 Å². The molecule has 0 amide bonds. The Morgan fingerprint density at radius 2 is 2.00 bits per heavy atom. The number of carbonyl (C=O) groups is 1. The van der Waals surface area contributed by atoms with Gasteiger partial charge < -0.3 is 14.8 Å². The number of carboxylic acids is 1. The number of fused-ring (bicyclic) bond motifs is 1. The number of aromatic carboxylic acids is 1. The van der Waals surface area contributed by atoms with Gasteiger partial charge in [-0.15, -0.1) is 0 Å². The summed E-state index contributed by atoms with van der Waals surface area (Å²) in [4.78, 5) is 26.0. The van der Waals surface area contributed by atoms with E-state index in [0.717, 1.165) is 0 Å². The number of carboxylic acid groups (broad SMARTS) is 1. The number of aromatic nitrogens is 2. The minimum atomic E-state index is -1.08. The van der Waals surface area contributed by atoms with E-state index in [4.69, 9.17) is 4.74 Å². The summed E-state index contributed by atoms with van der Waals surface area (Å²) in [5.41, 5.74) is 1.08. The molecule has 106 valence electrons. The fraction of sp³-hybridized carbons (Fsp3) is 0.0667. The van der Waals surface area contributed by atoms with Gasteiger partial charge in [-0.25, -0.2) is 9.59 Å². The van der Waals surface area contributed by atoms with E-state index in [1.807, 2.05) is 0 Å². The third kappa shape index (κ3) is 2.06. The van der Waals surface area contributed by atoms with Gasteiger partial charge in [0, 0.05) is 6.07 Å². The van der Waals surface area contributed by atoms with Crippen LogP contribution in [0, 0.1) is 0 Å². The molecule has 0 radical (unpaired) electrons. The first kappa shape index (κ1) is 13.0. The second kappa shape index (κ2) is 4.82. The van der Waals surface area contributed by atoms with Crippen molar-refractivity contribution < 1.29 is 14.6 Å². The third-order valence-electron chi connectivity index (χ3n) is 3.26. The van der Waals surface area contributed by atoms with Gasteiger partial charge in [0.05, 0.1) is 29.4 Å². The summed E-state index contributed by atoms with van der Waals surface area (Å²) < 4.78 is 6.57. The molecular formula is C15H12N2O4. The predicted octanol–water partition coefficient (Wildman–Crippen LogP) is 2.03. The lowest BCUT2D eigenvalue weighted by Crippen LogP contribution is -2.14. The fourth-order valence-electron chi connectivity index (χ4n) is 2.31. The summed E-state index contributed by atoms with van der Waals surface area (Å²) in [6.07, 6.45) is 0. The quantitative estimate of drug-likeness (QED) is 0.770. The number of para-hydroxylation sites is 1. The second-order valence-corrected chi connectivity index (χ2v) is 4.47. The van der Waals surface area contributed by atoms with Crippen molar-refractivity contribution in [2.24, 2.45) is 0 Å². The zero-order chi connectivity index (χ0) is 15.0. The molecular weight excluding hydrogens is 272 g/mol. The lowest BCUT2D eigenvalue weighted by atomic mass is 10.2. The molecule has 2 aromatic carbocycles. The molecule has 1 heterocycles. The van der Waals surface area contributed by atoms with Crippen LogP contribution in [0.4, 0.5) is 0 Å². The largest absolute Gasteiger partial charge is 0.497 e. The van der Waals surface area contributed by atoms with Crippen molar-refractivity contribution in [1.82, 2.24) is 9.55 Å². The molecule has 21 heavy (non-hydrogen) atoms. The van der Waals surface area contributed by atoms with Gasteiger partial charge in [-0.2, -0.15) is 0 Å². The summed E-state index contributed by atoms with van der Waals surface area (Å²) in [7, 11) is 1.54. The summed E-state index contributed by atoms with van der Waals surface area (Å²) in [5.74, 6) is -0.470. The number of nitrogens with zero attached hydrogens (tertiary/aromatic N) is 1. The van der Waals surface area contributed by atoms with Crippen molar-refractivity contribution in [2.45, 2.75) is 0 Å². The van der Waals surface area contributed by atoms with Crippen LogP contribution >= 0.6 is 0 Å². The van der Waals surface area contributed by atoms with E-state index >= 15 is 0 Å². The Morgan fingerprint density at radius 3 is 2.71 bits per heavy atom. The number of imidazole rings is 1. The minimum absolute atomic E-state index is 0.0613. The van der Waals surface area contributed by atoms with Crippen molar-refractivity contribution in [3.8, 4) is 11.4 Å². The Balaban J connectivity index is 2.33. The average Bonchev–Trinajstić information content (AvgIpc) is 2.82. The van der Waals surface area contributed by atoms with Crippen LogP contribution in [0.1, 0.15) is 10.4 Å². The van der Waals surface area contributed by atoms with Crippen LogP contribution in [0.25, 0.3) is 16.7 Å². The molecule has 0 aliphatic rings. The highest BCUT2D eigenvalue weighted by Crippen LogP contribution is 2.21. The Bertz CT molecular complexity index is 892.